The van der Waals surface area contributed by atoms with Gasteiger partial charge in [-0.2, -0.15) is 13.2 Å². The van der Waals surface area contributed by atoms with Crippen LogP contribution in [-0.2, 0) is 6.18 Å². The van der Waals surface area contributed by atoms with Gasteiger partial charge in [-0.1, -0.05) is 0 Å². The van der Waals surface area contributed by atoms with Crippen LogP contribution >= 0.6 is 0 Å². The van der Waals surface area contributed by atoms with Crippen LogP contribution in [0.2, 0.25) is 0 Å². The van der Waals surface area contributed by atoms with E-state index in [1.165, 1.54) is 18.5 Å². The number of alkyl halides is 3. The molecule has 0 spiro atoms. The molecule has 2 heterocycles. The topological polar surface area (TPSA) is 61.0 Å². The van der Waals surface area contributed by atoms with Crippen molar-refractivity contribution >= 4 is 5.69 Å². The summed E-state index contributed by atoms with van der Waals surface area (Å²) in [5, 5.41) is 0. The number of hydrogen-bond donors (Lipinski definition) is 1. The van der Waals surface area contributed by atoms with Gasteiger partial charge in [-0.3, -0.25) is 4.98 Å². The number of nitrogens with zero attached hydrogens (tertiary/aromatic N) is 2. The Morgan fingerprint density at radius 3 is 2.44 bits per heavy atom. The Bertz CT molecular complexity index is 540. The van der Waals surface area contributed by atoms with E-state index >= 15 is 0 Å². The van der Waals surface area contributed by atoms with Crippen molar-refractivity contribution in [3.8, 4) is 11.6 Å². The van der Waals surface area contributed by atoms with Crippen LogP contribution < -0.4 is 10.5 Å². The highest BCUT2D eigenvalue weighted by Gasteiger charge is 2.30. The van der Waals surface area contributed by atoms with Gasteiger partial charge in [-0.25, -0.2) is 4.98 Å². The molecule has 0 aliphatic carbocycles. The molecule has 0 radical (unpaired) electrons. The second-order valence-electron chi connectivity index (χ2n) is 3.44. The minimum atomic E-state index is -4.41. The normalized spacial score (nSPS) is 11.3. The van der Waals surface area contributed by atoms with Gasteiger partial charge in [0.2, 0.25) is 5.88 Å². The van der Waals surface area contributed by atoms with Gasteiger partial charge in [-0.15, -0.1) is 0 Å². The second-order valence-corrected chi connectivity index (χ2v) is 3.44. The van der Waals surface area contributed by atoms with E-state index in [1.54, 1.807) is 0 Å². The first-order valence-electron chi connectivity index (χ1n) is 4.87. The molecule has 94 valence electrons. The zero-order valence-electron chi connectivity index (χ0n) is 8.98. The van der Waals surface area contributed by atoms with Gasteiger partial charge in [-0.05, 0) is 6.07 Å². The Labute approximate surface area is 100 Å². The molecule has 18 heavy (non-hydrogen) atoms. The van der Waals surface area contributed by atoms with Crippen molar-refractivity contribution in [1.29, 1.82) is 0 Å². The van der Waals surface area contributed by atoms with E-state index in [1.807, 2.05) is 0 Å². The van der Waals surface area contributed by atoms with Crippen LogP contribution in [0.4, 0.5) is 18.9 Å². The molecule has 0 fully saturated rings. The number of rotatable bonds is 2. The third-order valence-corrected chi connectivity index (χ3v) is 2.02. The third kappa shape index (κ3) is 2.88. The largest absolute Gasteiger partial charge is 0.437 e. The van der Waals surface area contributed by atoms with E-state index < -0.39 is 11.7 Å². The van der Waals surface area contributed by atoms with E-state index in [0.29, 0.717) is 17.6 Å². The molecule has 0 aromatic carbocycles. The molecule has 4 nitrogen and oxygen atoms in total. The fourth-order valence-corrected chi connectivity index (χ4v) is 1.22. The van der Waals surface area contributed by atoms with E-state index in [4.69, 9.17) is 10.5 Å². The first kappa shape index (κ1) is 12.2. The standard InChI is InChI=1S/C11H8F3N3O/c12-11(13,14)7-1-2-10(17-4-7)18-9-3-8(15)5-16-6-9/h1-6H,15H2. The average Bonchev–Trinajstić information content (AvgIpc) is 2.28. The summed E-state index contributed by atoms with van der Waals surface area (Å²) in [4.78, 5) is 7.34. The minimum Gasteiger partial charge on any atom is -0.437 e. The second kappa shape index (κ2) is 4.52. The van der Waals surface area contributed by atoms with Gasteiger partial charge in [0.05, 0.1) is 23.6 Å². The lowest BCUT2D eigenvalue weighted by Crippen LogP contribution is -2.05. The zero-order valence-corrected chi connectivity index (χ0v) is 8.98. The van der Waals surface area contributed by atoms with Crippen molar-refractivity contribution in [3.05, 3.63) is 42.4 Å². The number of anilines is 1. The predicted octanol–water partition coefficient (Wildman–Crippen LogP) is 2.87. The van der Waals surface area contributed by atoms with Gasteiger partial charge in [0, 0.05) is 18.3 Å². The number of aromatic nitrogens is 2. The highest BCUT2D eigenvalue weighted by molar-refractivity contribution is 5.41. The molecule has 0 amide bonds. The summed E-state index contributed by atoms with van der Waals surface area (Å²) >= 11 is 0. The molecule has 0 saturated carbocycles. The monoisotopic (exact) mass is 255 g/mol. The molecule has 0 bridgehead atoms. The van der Waals surface area contributed by atoms with Crippen LogP contribution in [0.5, 0.6) is 11.6 Å². The molecule has 0 aliphatic heterocycles. The van der Waals surface area contributed by atoms with Crippen molar-refractivity contribution in [2.45, 2.75) is 6.18 Å². The van der Waals surface area contributed by atoms with Gasteiger partial charge >= 0.3 is 6.18 Å². The Kier molecular flexibility index (Phi) is 3.05. The van der Waals surface area contributed by atoms with Gasteiger partial charge in [0.25, 0.3) is 0 Å². The molecule has 7 heteroatoms. The average molecular weight is 255 g/mol. The zero-order chi connectivity index (χ0) is 13.2. The lowest BCUT2D eigenvalue weighted by molar-refractivity contribution is -0.137. The fourth-order valence-electron chi connectivity index (χ4n) is 1.22. The molecule has 2 N–H and O–H groups in total. The van der Waals surface area contributed by atoms with Gasteiger partial charge in [0.15, 0.2) is 0 Å². The molecule has 2 aromatic rings. The molecular weight excluding hydrogens is 247 g/mol. The summed E-state index contributed by atoms with van der Waals surface area (Å²) in [5.41, 5.74) is 5.04. The van der Waals surface area contributed by atoms with Gasteiger partial charge < -0.3 is 10.5 Å². The van der Waals surface area contributed by atoms with Crippen LogP contribution in [0.25, 0.3) is 0 Å². The highest BCUT2D eigenvalue weighted by Crippen LogP contribution is 2.30. The molecule has 2 rings (SSSR count). The number of pyridine rings is 2. The lowest BCUT2D eigenvalue weighted by Gasteiger charge is -2.07. The lowest BCUT2D eigenvalue weighted by atomic mass is 10.3. The van der Waals surface area contributed by atoms with Gasteiger partial charge in [0.1, 0.15) is 5.75 Å². The Morgan fingerprint density at radius 1 is 1.11 bits per heavy atom. The molecule has 0 atom stereocenters. The summed E-state index contributed by atoms with van der Waals surface area (Å²) in [6, 6.07) is 3.51. The van der Waals surface area contributed by atoms with Crippen molar-refractivity contribution in [1.82, 2.24) is 9.97 Å². The Balaban J connectivity index is 2.16. The van der Waals surface area contributed by atoms with Crippen LogP contribution in [-0.4, -0.2) is 9.97 Å². The maximum atomic E-state index is 12.3. The number of hydrogen-bond acceptors (Lipinski definition) is 4. The maximum absolute atomic E-state index is 12.3. The fraction of sp³-hybridized carbons (Fsp3) is 0.0909. The summed E-state index contributed by atoms with van der Waals surface area (Å²) < 4.78 is 42.1. The summed E-state index contributed by atoms with van der Waals surface area (Å²) in [7, 11) is 0. The number of ether oxygens (including phenoxy) is 1. The minimum absolute atomic E-state index is 0.0374. The van der Waals surface area contributed by atoms with Crippen LogP contribution in [0.15, 0.2) is 36.8 Å². The maximum Gasteiger partial charge on any atom is 0.417 e. The highest BCUT2D eigenvalue weighted by atomic mass is 19.4. The van der Waals surface area contributed by atoms with E-state index in [-0.39, 0.29) is 5.88 Å². The predicted molar refractivity (Wildman–Crippen MR) is 58.0 cm³/mol. The summed E-state index contributed by atoms with van der Waals surface area (Å²) in [6.07, 6.45) is -0.901. The quantitative estimate of drug-likeness (QED) is 0.896. The smallest absolute Gasteiger partial charge is 0.417 e. The van der Waals surface area contributed by atoms with E-state index in [2.05, 4.69) is 9.97 Å². The summed E-state index contributed by atoms with van der Waals surface area (Å²) in [6.45, 7) is 0. The van der Waals surface area contributed by atoms with Crippen molar-refractivity contribution in [2.75, 3.05) is 5.73 Å². The van der Waals surface area contributed by atoms with Crippen molar-refractivity contribution in [2.24, 2.45) is 0 Å². The third-order valence-electron chi connectivity index (χ3n) is 2.02. The van der Waals surface area contributed by atoms with Crippen LogP contribution in [0.1, 0.15) is 5.56 Å². The molecular formula is C11H8F3N3O. The van der Waals surface area contributed by atoms with Crippen molar-refractivity contribution in [3.63, 3.8) is 0 Å². The Morgan fingerprint density at radius 2 is 1.89 bits per heavy atom. The van der Waals surface area contributed by atoms with Crippen molar-refractivity contribution < 1.29 is 17.9 Å². The number of nitrogens with two attached hydrogens (primary N) is 1. The molecule has 0 aliphatic rings. The molecule has 0 saturated heterocycles. The number of halogens is 3. The molecule has 0 unspecified atom stereocenters. The first-order chi connectivity index (χ1) is 8.45. The SMILES string of the molecule is Nc1cncc(Oc2ccc(C(F)(F)F)cn2)c1. The molecule has 2 aromatic heterocycles. The van der Waals surface area contributed by atoms with E-state index in [0.717, 1.165) is 12.1 Å². The van der Waals surface area contributed by atoms with E-state index in [9.17, 15) is 13.2 Å². The first-order valence-corrected chi connectivity index (χ1v) is 4.87. The number of nitrogen functional groups attached to an aromatic ring is 1. The van der Waals surface area contributed by atoms with Crippen LogP contribution in [0, 0.1) is 0 Å². The Hall–Kier alpha value is -2.31. The van der Waals surface area contributed by atoms with Crippen LogP contribution in [0.3, 0.4) is 0 Å². The summed E-state index contributed by atoms with van der Waals surface area (Å²) in [5.74, 6) is 0.345.